The number of piperazine rings is 1. The summed E-state index contributed by atoms with van der Waals surface area (Å²) < 4.78 is 5.73. The highest BCUT2D eigenvalue weighted by Crippen LogP contribution is 2.20. The van der Waals surface area contributed by atoms with E-state index >= 15 is 0 Å². The largest absolute Gasteiger partial charge is 0.457 e. The Balaban J connectivity index is 1.52. The number of hydrogen-bond donors (Lipinski definition) is 2. The van der Waals surface area contributed by atoms with Crippen LogP contribution in [0.4, 0.5) is 0 Å². The van der Waals surface area contributed by atoms with Crippen LogP contribution in [-0.2, 0) is 0 Å². The molecule has 0 aliphatic carbocycles. The smallest absolute Gasteiger partial charge is 0.270 e. The molecular formula is C18H22N4O2. The van der Waals surface area contributed by atoms with Crippen LogP contribution >= 0.6 is 0 Å². The van der Waals surface area contributed by atoms with Crippen LogP contribution in [0.5, 0.6) is 11.5 Å². The molecular weight excluding hydrogens is 304 g/mol. The fourth-order valence-electron chi connectivity index (χ4n) is 2.58. The van der Waals surface area contributed by atoms with Crippen molar-refractivity contribution >= 4 is 5.91 Å². The average molecular weight is 326 g/mol. The van der Waals surface area contributed by atoms with Crippen molar-refractivity contribution < 1.29 is 9.53 Å². The average Bonchev–Trinajstić information content (AvgIpc) is 2.64. The van der Waals surface area contributed by atoms with Crippen LogP contribution in [0.1, 0.15) is 10.5 Å². The third kappa shape index (κ3) is 4.78. The van der Waals surface area contributed by atoms with Crippen molar-refractivity contribution in [1.29, 1.82) is 0 Å². The van der Waals surface area contributed by atoms with Gasteiger partial charge in [-0.3, -0.25) is 14.7 Å². The zero-order chi connectivity index (χ0) is 16.6. The number of hydrogen-bond acceptors (Lipinski definition) is 5. The number of nitrogens with one attached hydrogen (secondary N) is 2. The van der Waals surface area contributed by atoms with Crippen molar-refractivity contribution in [3.63, 3.8) is 0 Å². The molecule has 1 saturated heterocycles. The van der Waals surface area contributed by atoms with Crippen molar-refractivity contribution in [2.24, 2.45) is 0 Å². The summed E-state index contributed by atoms with van der Waals surface area (Å²) in [5.41, 5.74) is 0.365. The Bertz CT molecular complexity index is 657. The van der Waals surface area contributed by atoms with Crippen LogP contribution in [-0.4, -0.2) is 55.1 Å². The number of carbonyl (C=O) groups excluding carboxylic acids is 1. The second-order valence-corrected chi connectivity index (χ2v) is 5.64. The van der Waals surface area contributed by atoms with E-state index in [1.807, 2.05) is 30.3 Å². The molecule has 0 saturated carbocycles. The summed E-state index contributed by atoms with van der Waals surface area (Å²) in [5.74, 6) is 1.15. The monoisotopic (exact) mass is 326 g/mol. The van der Waals surface area contributed by atoms with E-state index in [1.54, 1.807) is 18.3 Å². The number of pyridine rings is 1. The number of carbonyl (C=O) groups is 1. The number of ether oxygens (including phenoxy) is 1. The lowest BCUT2D eigenvalue weighted by Crippen LogP contribution is -2.46. The maximum Gasteiger partial charge on any atom is 0.270 e. The highest BCUT2D eigenvalue weighted by atomic mass is 16.5. The minimum atomic E-state index is -0.177. The van der Waals surface area contributed by atoms with Gasteiger partial charge >= 0.3 is 0 Å². The van der Waals surface area contributed by atoms with Gasteiger partial charge in [-0.15, -0.1) is 0 Å². The standard InChI is InChI=1S/C18H22N4O2/c23-18(21-10-13-22-11-8-19-9-12-22)17-14-16(6-7-20-17)24-15-4-2-1-3-5-15/h1-7,14,19H,8-13H2,(H,21,23). The molecule has 3 rings (SSSR count). The zero-order valence-electron chi connectivity index (χ0n) is 13.6. The third-order valence-electron chi connectivity index (χ3n) is 3.87. The molecule has 2 aromatic rings. The number of para-hydroxylation sites is 1. The van der Waals surface area contributed by atoms with E-state index in [0.717, 1.165) is 38.5 Å². The van der Waals surface area contributed by atoms with Crippen LogP contribution in [0, 0.1) is 0 Å². The van der Waals surface area contributed by atoms with Gasteiger partial charge in [0.05, 0.1) is 0 Å². The van der Waals surface area contributed by atoms with Crippen LogP contribution in [0.25, 0.3) is 0 Å². The van der Waals surface area contributed by atoms with E-state index < -0.39 is 0 Å². The molecule has 1 aliphatic heterocycles. The number of rotatable bonds is 6. The van der Waals surface area contributed by atoms with Gasteiger partial charge in [-0.1, -0.05) is 18.2 Å². The van der Waals surface area contributed by atoms with Crippen molar-refractivity contribution in [2.75, 3.05) is 39.3 Å². The first kappa shape index (κ1) is 16.4. The number of nitrogens with zero attached hydrogens (tertiary/aromatic N) is 2. The van der Waals surface area contributed by atoms with E-state index in [2.05, 4.69) is 20.5 Å². The number of amides is 1. The SMILES string of the molecule is O=C(NCCN1CCNCC1)c1cc(Oc2ccccc2)ccn1. The number of benzene rings is 1. The lowest BCUT2D eigenvalue weighted by molar-refractivity contribution is 0.0942. The molecule has 2 N–H and O–H groups in total. The Kier molecular flexibility index (Phi) is 5.76. The molecule has 1 amide bonds. The van der Waals surface area contributed by atoms with Crippen LogP contribution in [0.3, 0.4) is 0 Å². The lowest BCUT2D eigenvalue weighted by Gasteiger charge is -2.27. The van der Waals surface area contributed by atoms with Gasteiger partial charge < -0.3 is 15.4 Å². The van der Waals surface area contributed by atoms with Gasteiger partial charge in [0, 0.05) is 51.5 Å². The topological polar surface area (TPSA) is 66.5 Å². The Labute approximate surface area is 141 Å². The predicted molar refractivity (Wildman–Crippen MR) is 92.4 cm³/mol. The lowest BCUT2D eigenvalue weighted by atomic mass is 10.3. The summed E-state index contributed by atoms with van der Waals surface area (Å²) in [5, 5.41) is 6.23. The third-order valence-corrected chi connectivity index (χ3v) is 3.87. The maximum absolute atomic E-state index is 12.2. The Hall–Kier alpha value is -2.44. The van der Waals surface area contributed by atoms with Gasteiger partial charge in [-0.25, -0.2) is 0 Å². The Morgan fingerprint density at radius 2 is 1.96 bits per heavy atom. The van der Waals surface area contributed by atoms with E-state index in [9.17, 15) is 4.79 Å². The summed E-state index contributed by atoms with van der Waals surface area (Å²) in [4.78, 5) is 18.7. The molecule has 0 unspecified atom stereocenters. The molecule has 0 radical (unpaired) electrons. The molecule has 0 spiro atoms. The van der Waals surface area contributed by atoms with Gasteiger partial charge in [-0.2, -0.15) is 0 Å². The molecule has 2 heterocycles. The molecule has 6 nitrogen and oxygen atoms in total. The van der Waals surface area contributed by atoms with Gasteiger partial charge in [0.15, 0.2) is 0 Å². The molecule has 6 heteroatoms. The van der Waals surface area contributed by atoms with Crippen molar-refractivity contribution in [3.8, 4) is 11.5 Å². The quantitative estimate of drug-likeness (QED) is 0.842. The van der Waals surface area contributed by atoms with Gasteiger partial charge in [0.25, 0.3) is 5.91 Å². The molecule has 24 heavy (non-hydrogen) atoms. The zero-order valence-corrected chi connectivity index (χ0v) is 13.6. The minimum Gasteiger partial charge on any atom is -0.457 e. The first-order valence-electron chi connectivity index (χ1n) is 8.21. The van der Waals surface area contributed by atoms with E-state index in [0.29, 0.717) is 18.0 Å². The second-order valence-electron chi connectivity index (χ2n) is 5.64. The fraction of sp³-hybridized carbons (Fsp3) is 0.333. The van der Waals surface area contributed by atoms with Gasteiger partial charge in [-0.05, 0) is 18.2 Å². The van der Waals surface area contributed by atoms with Crippen LogP contribution in [0.2, 0.25) is 0 Å². The van der Waals surface area contributed by atoms with E-state index in [4.69, 9.17) is 4.74 Å². The number of aromatic nitrogens is 1. The second kappa shape index (κ2) is 8.42. The first-order valence-corrected chi connectivity index (χ1v) is 8.21. The van der Waals surface area contributed by atoms with E-state index in [1.165, 1.54) is 0 Å². The highest BCUT2D eigenvalue weighted by Gasteiger charge is 2.11. The van der Waals surface area contributed by atoms with Crippen LogP contribution < -0.4 is 15.4 Å². The van der Waals surface area contributed by atoms with Crippen molar-refractivity contribution in [1.82, 2.24) is 20.5 Å². The molecule has 1 aromatic carbocycles. The van der Waals surface area contributed by atoms with Gasteiger partial charge in [0.1, 0.15) is 17.2 Å². The van der Waals surface area contributed by atoms with Crippen molar-refractivity contribution in [2.45, 2.75) is 0 Å². The molecule has 1 aliphatic rings. The van der Waals surface area contributed by atoms with Crippen LogP contribution in [0.15, 0.2) is 48.7 Å². The van der Waals surface area contributed by atoms with E-state index in [-0.39, 0.29) is 5.91 Å². The Morgan fingerprint density at radius 3 is 2.75 bits per heavy atom. The highest BCUT2D eigenvalue weighted by molar-refractivity contribution is 5.92. The fourth-order valence-corrected chi connectivity index (χ4v) is 2.58. The molecule has 1 aromatic heterocycles. The summed E-state index contributed by atoms with van der Waals surface area (Å²) in [6, 6.07) is 12.9. The Morgan fingerprint density at radius 1 is 1.17 bits per heavy atom. The van der Waals surface area contributed by atoms with Gasteiger partial charge in [0.2, 0.25) is 0 Å². The maximum atomic E-state index is 12.2. The van der Waals surface area contributed by atoms with Crippen molar-refractivity contribution in [3.05, 3.63) is 54.4 Å². The summed E-state index contributed by atoms with van der Waals surface area (Å²) in [7, 11) is 0. The normalized spacial score (nSPS) is 15.0. The first-order chi connectivity index (χ1) is 11.8. The molecule has 0 atom stereocenters. The predicted octanol–water partition coefficient (Wildman–Crippen LogP) is 1.51. The summed E-state index contributed by atoms with van der Waals surface area (Å²) >= 11 is 0. The minimum absolute atomic E-state index is 0.177. The molecule has 126 valence electrons. The summed E-state index contributed by atoms with van der Waals surface area (Å²) in [6.07, 6.45) is 1.59. The summed E-state index contributed by atoms with van der Waals surface area (Å²) in [6.45, 7) is 5.53. The molecule has 1 fully saturated rings. The molecule has 0 bridgehead atoms.